The molecule has 0 radical (unpaired) electrons. The summed E-state index contributed by atoms with van der Waals surface area (Å²) >= 11 is 17.2. The van der Waals surface area contributed by atoms with Crippen LogP contribution in [-0.4, -0.2) is 16.1 Å². The molecule has 0 spiro atoms. The molecule has 1 aromatic rings. The molecule has 0 aliphatic heterocycles. The number of aryl methyl sites for hydroxylation is 1. The molecule has 2 rings (SSSR count). The van der Waals surface area contributed by atoms with Crippen molar-refractivity contribution in [1.82, 2.24) is 4.98 Å². The number of hydrogen-bond donors (Lipinski definition) is 0. The minimum atomic E-state index is -0.483. The zero-order chi connectivity index (χ0) is 12.6. The lowest BCUT2D eigenvalue weighted by molar-refractivity contribution is -0.116. The summed E-state index contributed by atoms with van der Waals surface area (Å²) in [6.07, 6.45) is 1.37. The third-order valence-corrected chi connectivity index (χ3v) is 4.25. The van der Waals surface area contributed by atoms with Crippen molar-refractivity contribution < 1.29 is 4.79 Å². The minimum absolute atomic E-state index is 0.135. The first kappa shape index (κ1) is 13.1. The monoisotopic (exact) mass is 291 g/mol. The van der Waals surface area contributed by atoms with Gasteiger partial charge in [0, 0.05) is 17.5 Å². The molecular formula is C12H12Cl3NO. The zero-order valence-corrected chi connectivity index (χ0v) is 11.6. The highest BCUT2D eigenvalue weighted by atomic mass is 35.5. The summed E-state index contributed by atoms with van der Waals surface area (Å²) < 4.78 is 0. The average molecular weight is 293 g/mol. The Morgan fingerprint density at radius 2 is 2.29 bits per heavy atom. The summed E-state index contributed by atoms with van der Waals surface area (Å²) in [5, 5.41) is 0.171. The Morgan fingerprint density at radius 3 is 2.82 bits per heavy atom. The van der Waals surface area contributed by atoms with Crippen LogP contribution in [0.4, 0.5) is 0 Å². The maximum atomic E-state index is 11.5. The quantitative estimate of drug-likeness (QED) is 0.478. The number of hydrogen-bond acceptors (Lipinski definition) is 2. The molecule has 0 unspecified atom stereocenters. The average Bonchev–Trinajstić information content (AvgIpc) is 2.94. The maximum absolute atomic E-state index is 11.5. The van der Waals surface area contributed by atoms with E-state index in [-0.39, 0.29) is 11.2 Å². The molecule has 2 atom stereocenters. The van der Waals surface area contributed by atoms with Crippen molar-refractivity contribution in [3.8, 4) is 0 Å². The fourth-order valence-corrected chi connectivity index (χ4v) is 3.21. The van der Waals surface area contributed by atoms with Crippen LogP contribution in [0.25, 0.3) is 0 Å². The Morgan fingerprint density at radius 1 is 1.59 bits per heavy atom. The topological polar surface area (TPSA) is 30.0 Å². The number of aromatic nitrogens is 1. The third-order valence-electron chi connectivity index (χ3n) is 3.48. The van der Waals surface area contributed by atoms with Gasteiger partial charge in [0.25, 0.3) is 0 Å². The first-order chi connectivity index (χ1) is 8.01. The molecule has 1 aromatic heterocycles. The second-order valence-corrected chi connectivity index (χ2v) is 5.54. The number of alkyl halides is 1. The number of rotatable bonds is 4. The summed E-state index contributed by atoms with van der Waals surface area (Å²) in [6, 6.07) is 3.66. The molecule has 0 amide bonds. The second kappa shape index (κ2) is 4.75. The van der Waals surface area contributed by atoms with Gasteiger partial charge in [-0.2, -0.15) is 0 Å². The largest absolute Gasteiger partial charge is 0.281 e. The van der Waals surface area contributed by atoms with E-state index >= 15 is 0 Å². The molecule has 1 aliphatic rings. The van der Waals surface area contributed by atoms with Gasteiger partial charge in [-0.05, 0) is 43.0 Å². The van der Waals surface area contributed by atoms with Crippen LogP contribution in [0.5, 0.6) is 0 Å². The molecule has 5 heteroatoms. The van der Waals surface area contributed by atoms with Crippen LogP contribution < -0.4 is 0 Å². The van der Waals surface area contributed by atoms with Crippen LogP contribution in [0.1, 0.15) is 30.0 Å². The van der Waals surface area contributed by atoms with Gasteiger partial charge in [-0.1, -0.05) is 17.7 Å². The van der Waals surface area contributed by atoms with E-state index in [0.29, 0.717) is 17.5 Å². The number of halogens is 3. The van der Waals surface area contributed by atoms with Gasteiger partial charge in [0.2, 0.25) is 5.24 Å². The Kier molecular flexibility index (Phi) is 3.67. The molecule has 0 saturated heterocycles. The molecule has 1 saturated carbocycles. The SMILES string of the molecule is Cc1nc(Cl)ccc1[C@H]1C[C@]1(CCCl)C(=O)Cl. The molecule has 0 N–H and O–H groups in total. The van der Waals surface area contributed by atoms with E-state index in [9.17, 15) is 4.79 Å². The first-order valence-corrected chi connectivity index (χ1v) is 6.69. The van der Waals surface area contributed by atoms with E-state index in [1.54, 1.807) is 6.07 Å². The van der Waals surface area contributed by atoms with Gasteiger partial charge >= 0.3 is 0 Å². The summed E-state index contributed by atoms with van der Waals surface area (Å²) in [4.78, 5) is 15.7. The van der Waals surface area contributed by atoms with Gasteiger partial charge in [0.15, 0.2) is 0 Å². The third kappa shape index (κ3) is 2.31. The fourth-order valence-electron chi connectivity index (χ4n) is 2.38. The number of nitrogens with zero attached hydrogens (tertiary/aromatic N) is 1. The number of carbonyl (C=O) groups excluding carboxylic acids is 1. The van der Waals surface area contributed by atoms with Crippen LogP contribution in [0.2, 0.25) is 5.15 Å². The summed E-state index contributed by atoms with van der Waals surface area (Å²) in [6.45, 7) is 1.89. The van der Waals surface area contributed by atoms with Crippen molar-refractivity contribution in [3.05, 3.63) is 28.5 Å². The van der Waals surface area contributed by atoms with Gasteiger partial charge in [0.1, 0.15) is 5.15 Å². The Hall–Kier alpha value is -0.310. The van der Waals surface area contributed by atoms with E-state index in [4.69, 9.17) is 34.8 Å². The van der Waals surface area contributed by atoms with Crippen LogP contribution >= 0.6 is 34.8 Å². The molecule has 1 heterocycles. The van der Waals surface area contributed by atoms with Crippen molar-refractivity contribution in [2.75, 3.05) is 5.88 Å². The lowest BCUT2D eigenvalue weighted by Crippen LogP contribution is -2.13. The van der Waals surface area contributed by atoms with E-state index in [0.717, 1.165) is 17.7 Å². The Balaban J connectivity index is 2.29. The molecular weight excluding hydrogens is 280 g/mol. The molecule has 0 bridgehead atoms. The van der Waals surface area contributed by atoms with E-state index in [1.165, 1.54) is 0 Å². The summed E-state index contributed by atoms with van der Waals surface area (Å²) in [5.41, 5.74) is 1.43. The van der Waals surface area contributed by atoms with Crippen LogP contribution in [0.15, 0.2) is 12.1 Å². The normalized spacial score (nSPS) is 26.9. The van der Waals surface area contributed by atoms with Gasteiger partial charge in [-0.25, -0.2) is 4.98 Å². The zero-order valence-electron chi connectivity index (χ0n) is 9.34. The van der Waals surface area contributed by atoms with Crippen molar-refractivity contribution in [3.63, 3.8) is 0 Å². The Bertz CT molecular complexity index is 463. The Labute approximate surface area is 115 Å². The standard InChI is InChI=1S/C12H12Cl3NO/c1-7-8(2-3-10(14)16-7)9-6-12(9,4-5-13)11(15)17/h2-3,9H,4-6H2,1H3/t9-,12+/m1/s1. The van der Waals surface area contributed by atoms with Crippen molar-refractivity contribution >= 4 is 40.0 Å². The first-order valence-electron chi connectivity index (χ1n) is 5.40. The lowest BCUT2D eigenvalue weighted by Gasteiger charge is -2.12. The molecule has 2 nitrogen and oxygen atoms in total. The van der Waals surface area contributed by atoms with Gasteiger partial charge < -0.3 is 0 Å². The molecule has 92 valence electrons. The highest BCUT2D eigenvalue weighted by Gasteiger charge is 2.59. The molecule has 1 aliphatic carbocycles. The van der Waals surface area contributed by atoms with Crippen molar-refractivity contribution in [2.24, 2.45) is 5.41 Å². The van der Waals surface area contributed by atoms with Crippen LogP contribution in [0.3, 0.4) is 0 Å². The van der Waals surface area contributed by atoms with Gasteiger partial charge in [-0.3, -0.25) is 4.79 Å². The molecule has 0 aromatic carbocycles. The van der Waals surface area contributed by atoms with Crippen LogP contribution in [0, 0.1) is 12.3 Å². The molecule has 17 heavy (non-hydrogen) atoms. The summed E-state index contributed by atoms with van der Waals surface area (Å²) in [7, 11) is 0. The minimum Gasteiger partial charge on any atom is -0.281 e. The van der Waals surface area contributed by atoms with Crippen molar-refractivity contribution in [2.45, 2.75) is 25.7 Å². The molecule has 1 fully saturated rings. The fraction of sp³-hybridized carbons (Fsp3) is 0.500. The highest BCUT2D eigenvalue weighted by Crippen LogP contribution is 2.63. The number of pyridine rings is 1. The number of carbonyl (C=O) groups is 1. The van der Waals surface area contributed by atoms with Gasteiger partial charge in [-0.15, -0.1) is 11.6 Å². The highest BCUT2D eigenvalue weighted by molar-refractivity contribution is 6.65. The van der Waals surface area contributed by atoms with Gasteiger partial charge in [0.05, 0.1) is 5.41 Å². The van der Waals surface area contributed by atoms with Crippen LogP contribution in [-0.2, 0) is 4.79 Å². The predicted octanol–water partition coefficient (Wildman–Crippen LogP) is 3.91. The second-order valence-electron chi connectivity index (χ2n) is 4.43. The van der Waals surface area contributed by atoms with E-state index < -0.39 is 5.41 Å². The maximum Gasteiger partial charge on any atom is 0.228 e. The summed E-state index contributed by atoms with van der Waals surface area (Å²) in [5.74, 6) is 0.575. The van der Waals surface area contributed by atoms with Crippen molar-refractivity contribution in [1.29, 1.82) is 0 Å². The predicted molar refractivity (Wildman–Crippen MR) is 70.0 cm³/mol. The van der Waals surface area contributed by atoms with E-state index in [2.05, 4.69) is 4.98 Å². The smallest absolute Gasteiger partial charge is 0.228 e. The lowest BCUT2D eigenvalue weighted by atomic mass is 9.97. The van der Waals surface area contributed by atoms with E-state index in [1.807, 2.05) is 13.0 Å².